The molecule has 0 aromatic carbocycles. The van der Waals surface area contributed by atoms with E-state index in [1.54, 1.807) is 0 Å². The molecule has 0 aliphatic heterocycles. The summed E-state index contributed by atoms with van der Waals surface area (Å²) in [6.45, 7) is 6.35. The van der Waals surface area contributed by atoms with Crippen LogP contribution in [0.4, 0.5) is 0 Å². The zero-order chi connectivity index (χ0) is 51.4. The van der Waals surface area contributed by atoms with Gasteiger partial charge in [0.05, 0.1) is 0 Å². The lowest BCUT2D eigenvalue weighted by molar-refractivity contribution is -0.167. The van der Waals surface area contributed by atoms with Crippen LogP contribution < -0.4 is 0 Å². The van der Waals surface area contributed by atoms with Crippen molar-refractivity contribution < 1.29 is 28.6 Å². The van der Waals surface area contributed by atoms with Gasteiger partial charge in [-0.15, -0.1) is 0 Å². The first-order valence-electron chi connectivity index (χ1n) is 29.4. The van der Waals surface area contributed by atoms with Crippen LogP contribution >= 0.6 is 0 Å². The minimum Gasteiger partial charge on any atom is -0.462 e. The molecular formula is C65H108O6. The van der Waals surface area contributed by atoms with Crippen LogP contribution in [0, 0.1) is 0 Å². The highest BCUT2D eigenvalue weighted by Gasteiger charge is 2.19. The van der Waals surface area contributed by atoms with Gasteiger partial charge in [0.1, 0.15) is 13.2 Å². The summed E-state index contributed by atoms with van der Waals surface area (Å²) in [5, 5.41) is 0. The minimum absolute atomic E-state index is 0.0924. The van der Waals surface area contributed by atoms with Gasteiger partial charge in [-0.25, -0.2) is 0 Å². The largest absolute Gasteiger partial charge is 0.462 e. The molecule has 0 aliphatic carbocycles. The molecule has 0 aliphatic rings. The molecule has 0 radical (unpaired) electrons. The first-order valence-corrected chi connectivity index (χ1v) is 29.4. The topological polar surface area (TPSA) is 78.9 Å². The SMILES string of the molecule is CC/C=C\C/C=C\C/C=C\C/C=C\CCCCCCCCCCCCCCC(=O)OCC(COC(=O)CCCCCCC/C=C\CCCC)OC(=O)CCCCCC/C=C\C/C=C\C/C=C\C/C=C\CC. The standard InChI is InChI=1S/C65H108O6/c1-4-7-10-13-16-19-22-24-26-28-29-30-31-32-33-34-35-37-38-40-43-46-49-52-55-58-64(67)70-61-62(60-69-63(66)57-54-51-48-45-42-21-18-15-12-9-6-3)71-65(68)59-56-53-50-47-44-41-39-36-27-25-23-20-17-14-11-8-5-2/h7-8,10-11,15-20,24-27,29-30,39,41,62H,4-6,9,12-14,21-23,28,31-38,40,42-61H2,1-3H3/b10-7-,11-8-,18-15-,19-16-,20-17-,26-24-,27-25-,30-29-,41-39-. The van der Waals surface area contributed by atoms with Crippen molar-refractivity contribution in [3.63, 3.8) is 0 Å². The molecule has 0 aromatic rings. The van der Waals surface area contributed by atoms with Gasteiger partial charge in [-0.2, -0.15) is 0 Å². The number of rotatable bonds is 52. The highest BCUT2D eigenvalue weighted by molar-refractivity contribution is 5.71. The number of esters is 3. The smallest absolute Gasteiger partial charge is 0.306 e. The summed E-state index contributed by atoms with van der Waals surface area (Å²) in [5.74, 6) is -0.927. The van der Waals surface area contributed by atoms with Crippen molar-refractivity contribution in [3.05, 3.63) is 109 Å². The van der Waals surface area contributed by atoms with E-state index in [0.717, 1.165) is 135 Å². The lowest BCUT2D eigenvalue weighted by atomic mass is 10.0. The summed E-state index contributed by atoms with van der Waals surface area (Å²) < 4.78 is 16.8. The van der Waals surface area contributed by atoms with Crippen LogP contribution in [-0.4, -0.2) is 37.2 Å². The summed E-state index contributed by atoms with van der Waals surface area (Å²) >= 11 is 0. The molecule has 0 spiro atoms. The molecule has 0 bridgehead atoms. The van der Waals surface area contributed by atoms with Gasteiger partial charge in [0, 0.05) is 19.3 Å². The van der Waals surface area contributed by atoms with Crippen LogP contribution in [0.2, 0.25) is 0 Å². The number of allylic oxidation sites excluding steroid dienone is 18. The molecule has 0 saturated heterocycles. The van der Waals surface area contributed by atoms with Gasteiger partial charge in [-0.3, -0.25) is 14.4 Å². The molecule has 6 nitrogen and oxygen atoms in total. The van der Waals surface area contributed by atoms with Crippen molar-refractivity contribution in [3.8, 4) is 0 Å². The summed E-state index contributed by atoms with van der Waals surface area (Å²) in [5.41, 5.74) is 0. The van der Waals surface area contributed by atoms with E-state index < -0.39 is 6.10 Å². The molecule has 0 N–H and O–H groups in total. The predicted octanol–water partition coefficient (Wildman–Crippen LogP) is 19.9. The molecular weight excluding hydrogens is 877 g/mol. The maximum Gasteiger partial charge on any atom is 0.306 e. The second-order valence-electron chi connectivity index (χ2n) is 19.1. The Kier molecular flexibility index (Phi) is 55.4. The molecule has 0 heterocycles. The van der Waals surface area contributed by atoms with Crippen LogP contribution in [-0.2, 0) is 28.6 Å². The zero-order valence-corrected chi connectivity index (χ0v) is 46.2. The fourth-order valence-corrected chi connectivity index (χ4v) is 7.88. The Labute approximate surface area is 438 Å². The van der Waals surface area contributed by atoms with E-state index in [-0.39, 0.29) is 31.1 Å². The van der Waals surface area contributed by atoms with Crippen LogP contribution in [0.5, 0.6) is 0 Å². The average Bonchev–Trinajstić information content (AvgIpc) is 3.37. The number of carbonyl (C=O) groups excluding carboxylic acids is 3. The fraction of sp³-hybridized carbons (Fsp3) is 0.677. The average molecular weight is 986 g/mol. The molecule has 1 unspecified atom stereocenters. The van der Waals surface area contributed by atoms with Crippen molar-refractivity contribution in [1.29, 1.82) is 0 Å². The minimum atomic E-state index is -0.796. The van der Waals surface area contributed by atoms with Crippen molar-refractivity contribution >= 4 is 17.9 Å². The van der Waals surface area contributed by atoms with Crippen LogP contribution in [0.25, 0.3) is 0 Å². The third-order valence-electron chi connectivity index (χ3n) is 12.2. The first-order chi connectivity index (χ1) is 35.0. The highest BCUT2D eigenvalue weighted by atomic mass is 16.6. The van der Waals surface area contributed by atoms with E-state index in [1.807, 2.05) is 0 Å². The second-order valence-corrected chi connectivity index (χ2v) is 19.1. The number of hydrogen-bond acceptors (Lipinski definition) is 6. The Balaban J connectivity index is 4.32. The molecule has 0 aromatic heterocycles. The van der Waals surface area contributed by atoms with Crippen LogP contribution in [0.1, 0.15) is 265 Å². The number of hydrogen-bond donors (Lipinski definition) is 0. The van der Waals surface area contributed by atoms with Crippen molar-refractivity contribution in [2.24, 2.45) is 0 Å². The summed E-state index contributed by atoms with van der Waals surface area (Å²) in [6.07, 6.45) is 79.4. The molecule has 0 rings (SSSR count). The van der Waals surface area contributed by atoms with Crippen molar-refractivity contribution in [2.75, 3.05) is 13.2 Å². The molecule has 71 heavy (non-hydrogen) atoms. The Hall–Kier alpha value is -3.93. The van der Waals surface area contributed by atoms with Gasteiger partial charge in [0.2, 0.25) is 0 Å². The maximum atomic E-state index is 12.8. The summed E-state index contributed by atoms with van der Waals surface area (Å²) in [6, 6.07) is 0. The van der Waals surface area contributed by atoms with Crippen molar-refractivity contribution in [2.45, 2.75) is 271 Å². The predicted molar refractivity (Wildman–Crippen MR) is 307 cm³/mol. The number of ether oxygens (including phenoxy) is 3. The Bertz CT molecular complexity index is 1460. The van der Waals surface area contributed by atoms with Gasteiger partial charge in [-0.1, -0.05) is 239 Å². The Morgan fingerprint density at radius 3 is 0.873 bits per heavy atom. The molecule has 404 valence electrons. The van der Waals surface area contributed by atoms with E-state index in [4.69, 9.17) is 14.2 Å². The molecule has 0 saturated carbocycles. The summed E-state index contributed by atoms with van der Waals surface area (Å²) in [4.78, 5) is 38.1. The zero-order valence-electron chi connectivity index (χ0n) is 46.2. The van der Waals surface area contributed by atoms with Crippen molar-refractivity contribution in [1.82, 2.24) is 0 Å². The molecule has 6 heteroatoms. The summed E-state index contributed by atoms with van der Waals surface area (Å²) in [7, 11) is 0. The Morgan fingerprint density at radius 1 is 0.296 bits per heavy atom. The fourth-order valence-electron chi connectivity index (χ4n) is 7.88. The third-order valence-corrected chi connectivity index (χ3v) is 12.2. The molecule has 0 fully saturated rings. The molecule has 1 atom stereocenters. The van der Waals surface area contributed by atoms with Gasteiger partial charge >= 0.3 is 17.9 Å². The second kappa shape index (κ2) is 58.6. The first kappa shape index (κ1) is 67.1. The highest BCUT2D eigenvalue weighted by Crippen LogP contribution is 2.15. The van der Waals surface area contributed by atoms with Crippen LogP contribution in [0.3, 0.4) is 0 Å². The van der Waals surface area contributed by atoms with Gasteiger partial charge in [0.15, 0.2) is 6.10 Å². The van der Waals surface area contributed by atoms with E-state index in [0.29, 0.717) is 19.3 Å². The van der Waals surface area contributed by atoms with Crippen LogP contribution in [0.15, 0.2) is 109 Å². The van der Waals surface area contributed by atoms with Gasteiger partial charge in [-0.05, 0) is 116 Å². The molecule has 0 amide bonds. The third kappa shape index (κ3) is 56.9. The van der Waals surface area contributed by atoms with Gasteiger partial charge in [0.25, 0.3) is 0 Å². The van der Waals surface area contributed by atoms with E-state index in [2.05, 4.69) is 130 Å². The van der Waals surface area contributed by atoms with Gasteiger partial charge < -0.3 is 14.2 Å². The van der Waals surface area contributed by atoms with E-state index >= 15 is 0 Å². The number of unbranched alkanes of at least 4 members (excludes halogenated alkanes) is 23. The monoisotopic (exact) mass is 985 g/mol. The maximum absolute atomic E-state index is 12.8. The normalized spacial score (nSPS) is 12.9. The lowest BCUT2D eigenvalue weighted by Gasteiger charge is -2.18. The quantitative estimate of drug-likeness (QED) is 0.0261. The Morgan fingerprint density at radius 2 is 0.549 bits per heavy atom. The van der Waals surface area contributed by atoms with E-state index in [9.17, 15) is 14.4 Å². The number of carbonyl (C=O) groups is 3. The lowest BCUT2D eigenvalue weighted by Crippen LogP contribution is -2.30. The van der Waals surface area contributed by atoms with E-state index in [1.165, 1.54) is 89.9 Å².